The van der Waals surface area contributed by atoms with Crippen molar-refractivity contribution in [2.45, 2.75) is 19.4 Å². The van der Waals surface area contributed by atoms with Gasteiger partial charge in [-0.25, -0.2) is 4.39 Å². The molecule has 0 aliphatic carbocycles. The average molecular weight is 288 g/mol. The fourth-order valence-corrected chi connectivity index (χ4v) is 1.92. The van der Waals surface area contributed by atoms with E-state index in [1.165, 1.54) is 12.1 Å². The molecular formula is C17H21FN2O. The first-order valence-electron chi connectivity index (χ1n) is 7.19. The maximum atomic E-state index is 12.8. The number of halogens is 1. The van der Waals surface area contributed by atoms with Gasteiger partial charge in [0, 0.05) is 12.2 Å². The van der Waals surface area contributed by atoms with Gasteiger partial charge in [0.2, 0.25) is 0 Å². The summed E-state index contributed by atoms with van der Waals surface area (Å²) in [4.78, 5) is 0. The van der Waals surface area contributed by atoms with Crippen LogP contribution in [-0.2, 0) is 6.61 Å². The normalized spacial score (nSPS) is 10.4. The SMILES string of the molecule is NCCCCNc1ccc(OCc2ccc(F)cc2)cc1. The Morgan fingerprint density at radius 3 is 2.33 bits per heavy atom. The Morgan fingerprint density at radius 2 is 1.67 bits per heavy atom. The van der Waals surface area contributed by atoms with Crippen LogP contribution in [0.2, 0.25) is 0 Å². The number of nitrogens with two attached hydrogens (primary N) is 1. The van der Waals surface area contributed by atoms with Gasteiger partial charge in [-0.2, -0.15) is 0 Å². The van der Waals surface area contributed by atoms with Gasteiger partial charge in [-0.05, 0) is 61.3 Å². The minimum atomic E-state index is -0.233. The van der Waals surface area contributed by atoms with Crippen molar-refractivity contribution < 1.29 is 9.13 Å². The number of hydrogen-bond acceptors (Lipinski definition) is 3. The first-order chi connectivity index (χ1) is 10.3. The fraction of sp³-hybridized carbons (Fsp3) is 0.294. The molecule has 0 fully saturated rings. The summed E-state index contributed by atoms with van der Waals surface area (Å²) in [6, 6.07) is 14.2. The zero-order chi connectivity index (χ0) is 14.9. The quantitative estimate of drug-likeness (QED) is 0.730. The van der Waals surface area contributed by atoms with E-state index in [1.54, 1.807) is 12.1 Å². The van der Waals surface area contributed by atoms with Crippen LogP contribution in [0.1, 0.15) is 18.4 Å². The molecule has 21 heavy (non-hydrogen) atoms. The third-order valence-corrected chi connectivity index (χ3v) is 3.13. The molecule has 0 amide bonds. The number of nitrogens with one attached hydrogen (secondary N) is 1. The van der Waals surface area contributed by atoms with Gasteiger partial charge in [-0.3, -0.25) is 0 Å². The standard InChI is InChI=1S/C17H21FN2O/c18-15-5-3-14(4-6-15)13-21-17-9-7-16(8-10-17)20-12-2-1-11-19/h3-10,20H,1-2,11-13,19H2. The number of ether oxygens (including phenoxy) is 1. The molecule has 0 aliphatic heterocycles. The van der Waals surface area contributed by atoms with Crippen LogP contribution in [-0.4, -0.2) is 13.1 Å². The van der Waals surface area contributed by atoms with Crippen molar-refractivity contribution in [1.82, 2.24) is 0 Å². The molecule has 0 unspecified atom stereocenters. The first kappa shape index (κ1) is 15.3. The Morgan fingerprint density at radius 1 is 0.952 bits per heavy atom. The van der Waals surface area contributed by atoms with Crippen LogP contribution in [0.25, 0.3) is 0 Å². The van der Waals surface area contributed by atoms with E-state index in [1.807, 2.05) is 24.3 Å². The summed E-state index contributed by atoms with van der Waals surface area (Å²) in [5, 5.41) is 3.33. The van der Waals surface area contributed by atoms with Gasteiger partial charge in [0.15, 0.2) is 0 Å². The number of anilines is 1. The molecule has 0 aromatic heterocycles. The number of benzene rings is 2. The van der Waals surface area contributed by atoms with E-state index in [0.29, 0.717) is 6.61 Å². The minimum Gasteiger partial charge on any atom is -0.489 e. The van der Waals surface area contributed by atoms with E-state index >= 15 is 0 Å². The van der Waals surface area contributed by atoms with Crippen LogP contribution in [0.3, 0.4) is 0 Å². The van der Waals surface area contributed by atoms with Gasteiger partial charge < -0.3 is 15.8 Å². The molecule has 0 bridgehead atoms. The number of unbranched alkanes of at least 4 members (excludes halogenated alkanes) is 1. The van der Waals surface area contributed by atoms with Crippen LogP contribution in [0.15, 0.2) is 48.5 Å². The van der Waals surface area contributed by atoms with Gasteiger partial charge in [-0.15, -0.1) is 0 Å². The Bertz CT molecular complexity index is 525. The predicted octanol–water partition coefficient (Wildman–Crippen LogP) is 3.56. The van der Waals surface area contributed by atoms with Crippen LogP contribution in [0.4, 0.5) is 10.1 Å². The van der Waals surface area contributed by atoms with Gasteiger partial charge in [-0.1, -0.05) is 12.1 Å². The van der Waals surface area contributed by atoms with Gasteiger partial charge in [0.1, 0.15) is 18.2 Å². The minimum absolute atomic E-state index is 0.233. The molecule has 0 aliphatic rings. The predicted molar refractivity (Wildman–Crippen MR) is 84.0 cm³/mol. The number of hydrogen-bond donors (Lipinski definition) is 2. The summed E-state index contributed by atoms with van der Waals surface area (Å²) in [6.07, 6.45) is 2.10. The zero-order valence-corrected chi connectivity index (χ0v) is 12.0. The summed E-state index contributed by atoms with van der Waals surface area (Å²) in [5.74, 6) is 0.565. The molecule has 0 atom stereocenters. The Kier molecular flexibility index (Phi) is 6.03. The average Bonchev–Trinajstić information content (AvgIpc) is 2.52. The maximum absolute atomic E-state index is 12.8. The first-order valence-corrected chi connectivity index (χ1v) is 7.19. The molecule has 0 spiro atoms. The molecule has 2 aromatic rings. The highest BCUT2D eigenvalue weighted by molar-refractivity contribution is 5.46. The van der Waals surface area contributed by atoms with Crippen LogP contribution in [0, 0.1) is 5.82 Å². The lowest BCUT2D eigenvalue weighted by atomic mass is 10.2. The van der Waals surface area contributed by atoms with Crippen molar-refractivity contribution >= 4 is 5.69 Å². The molecule has 0 radical (unpaired) electrons. The van der Waals surface area contributed by atoms with Crippen molar-refractivity contribution in [3.63, 3.8) is 0 Å². The summed E-state index contributed by atoms with van der Waals surface area (Å²) >= 11 is 0. The highest BCUT2D eigenvalue weighted by Gasteiger charge is 1.98. The second-order valence-corrected chi connectivity index (χ2v) is 4.86. The van der Waals surface area contributed by atoms with Crippen molar-refractivity contribution in [1.29, 1.82) is 0 Å². The van der Waals surface area contributed by atoms with Crippen LogP contribution < -0.4 is 15.8 Å². The molecule has 4 heteroatoms. The summed E-state index contributed by atoms with van der Waals surface area (Å²) in [7, 11) is 0. The van der Waals surface area contributed by atoms with E-state index in [9.17, 15) is 4.39 Å². The van der Waals surface area contributed by atoms with Gasteiger partial charge in [0.25, 0.3) is 0 Å². The molecule has 0 heterocycles. The van der Waals surface area contributed by atoms with Crippen molar-refractivity contribution in [2.75, 3.05) is 18.4 Å². The lowest BCUT2D eigenvalue weighted by molar-refractivity contribution is 0.306. The smallest absolute Gasteiger partial charge is 0.123 e. The topological polar surface area (TPSA) is 47.3 Å². The van der Waals surface area contributed by atoms with E-state index in [-0.39, 0.29) is 5.82 Å². The molecule has 0 saturated carbocycles. The second kappa shape index (κ2) is 8.27. The maximum Gasteiger partial charge on any atom is 0.123 e. The molecular weight excluding hydrogens is 267 g/mol. The van der Waals surface area contributed by atoms with Crippen molar-refractivity contribution in [2.24, 2.45) is 5.73 Å². The van der Waals surface area contributed by atoms with E-state index in [0.717, 1.165) is 42.9 Å². The molecule has 2 rings (SSSR count). The lowest BCUT2D eigenvalue weighted by Crippen LogP contribution is -2.05. The van der Waals surface area contributed by atoms with E-state index in [2.05, 4.69) is 5.32 Å². The summed E-state index contributed by atoms with van der Waals surface area (Å²) in [5.41, 5.74) is 7.47. The lowest BCUT2D eigenvalue weighted by Gasteiger charge is -2.09. The van der Waals surface area contributed by atoms with Gasteiger partial charge in [0.05, 0.1) is 0 Å². The Hall–Kier alpha value is -2.07. The molecule has 3 nitrogen and oxygen atoms in total. The summed E-state index contributed by atoms with van der Waals surface area (Å²) < 4.78 is 18.5. The van der Waals surface area contributed by atoms with Gasteiger partial charge >= 0.3 is 0 Å². The fourth-order valence-electron chi connectivity index (χ4n) is 1.92. The third kappa shape index (κ3) is 5.44. The van der Waals surface area contributed by atoms with Crippen LogP contribution >= 0.6 is 0 Å². The van der Waals surface area contributed by atoms with E-state index in [4.69, 9.17) is 10.5 Å². The van der Waals surface area contributed by atoms with Crippen molar-refractivity contribution in [3.8, 4) is 5.75 Å². The number of rotatable bonds is 8. The Labute approximate surface area is 124 Å². The summed E-state index contributed by atoms with van der Waals surface area (Å²) in [6.45, 7) is 2.09. The molecule has 112 valence electrons. The monoisotopic (exact) mass is 288 g/mol. The largest absolute Gasteiger partial charge is 0.489 e. The zero-order valence-electron chi connectivity index (χ0n) is 12.0. The van der Waals surface area contributed by atoms with Crippen molar-refractivity contribution in [3.05, 3.63) is 59.9 Å². The van der Waals surface area contributed by atoms with E-state index < -0.39 is 0 Å². The highest BCUT2D eigenvalue weighted by Crippen LogP contribution is 2.17. The Balaban J connectivity index is 1.78. The molecule has 0 saturated heterocycles. The molecule has 2 aromatic carbocycles. The molecule has 3 N–H and O–H groups in total. The highest BCUT2D eigenvalue weighted by atomic mass is 19.1. The second-order valence-electron chi connectivity index (χ2n) is 4.86. The third-order valence-electron chi connectivity index (χ3n) is 3.13. The van der Waals surface area contributed by atoms with Crippen LogP contribution in [0.5, 0.6) is 5.75 Å².